The molecule has 2 aromatic heterocycles. The molecule has 0 fully saturated rings. The van der Waals surface area contributed by atoms with Crippen LogP contribution in [0.2, 0.25) is 0 Å². The molecule has 29 heavy (non-hydrogen) atoms. The second-order valence-electron chi connectivity index (χ2n) is 6.57. The molecule has 2 aromatic carbocycles. The average molecular weight is 389 g/mol. The van der Waals surface area contributed by atoms with Crippen LogP contribution in [0.5, 0.6) is 0 Å². The Morgan fingerprint density at radius 1 is 1.07 bits per heavy atom. The Labute approximate surface area is 166 Å². The zero-order valence-corrected chi connectivity index (χ0v) is 16.0. The first-order valence-corrected chi connectivity index (χ1v) is 9.10. The van der Waals surface area contributed by atoms with Crippen molar-refractivity contribution in [3.05, 3.63) is 77.8 Å². The first-order chi connectivity index (χ1) is 14.0. The zero-order valence-electron chi connectivity index (χ0n) is 16.0. The van der Waals surface area contributed by atoms with Crippen LogP contribution in [0, 0.1) is 13.8 Å². The van der Waals surface area contributed by atoms with Gasteiger partial charge in [-0.3, -0.25) is 4.79 Å². The summed E-state index contributed by atoms with van der Waals surface area (Å²) in [5.41, 5.74) is 3.53. The molecule has 7 heteroatoms. The number of amides is 1. The number of anilines is 1. The molecule has 4 rings (SSSR count). The third-order valence-corrected chi connectivity index (χ3v) is 4.52. The number of ether oxygens (including phenoxy) is 1. The van der Waals surface area contributed by atoms with E-state index in [1.54, 1.807) is 16.8 Å². The molecule has 0 aliphatic heterocycles. The normalized spacial score (nSPS) is 10.8. The Morgan fingerprint density at radius 3 is 2.55 bits per heavy atom. The van der Waals surface area contributed by atoms with Gasteiger partial charge < -0.3 is 14.5 Å². The number of para-hydroxylation sites is 2. The molecule has 4 aromatic rings. The molecule has 0 radical (unpaired) electrons. The number of hydrogen-bond acceptors (Lipinski definition) is 5. The molecule has 0 atom stereocenters. The monoisotopic (exact) mass is 389 g/mol. The number of benzene rings is 2. The number of fused-ring (bicyclic) bond motifs is 1. The van der Waals surface area contributed by atoms with Crippen molar-refractivity contribution in [2.75, 3.05) is 11.9 Å². The minimum absolute atomic E-state index is 0.0586. The van der Waals surface area contributed by atoms with Crippen molar-refractivity contribution in [3.63, 3.8) is 0 Å². The summed E-state index contributed by atoms with van der Waals surface area (Å²) >= 11 is 0. The molecule has 146 valence electrons. The number of nitrogens with zero attached hydrogens (tertiary/aromatic N) is 2. The molecular weight excluding hydrogens is 370 g/mol. The van der Waals surface area contributed by atoms with E-state index in [9.17, 15) is 9.59 Å². The second kappa shape index (κ2) is 7.63. The molecule has 0 unspecified atom stereocenters. The van der Waals surface area contributed by atoms with E-state index in [0.717, 1.165) is 16.8 Å². The maximum absolute atomic E-state index is 12.3. The van der Waals surface area contributed by atoms with Gasteiger partial charge in [-0.25, -0.2) is 9.48 Å². The van der Waals surface area contributed by atoms with Crippen molar-refractivity contribution in [1.82, 2.24) is 9.78 Å². The highest BCUT2D eigenvalue weighted by Gasteiger charge is 2.18. The summed E-state index contributed by atoms with van der Waals surface area (Å²) in [5, 5.41) is 8.05. The highest BCUT2D eigenvalue weighted by Crippen LogP contribution is 2.23. The van der Waals surface area contributed by atoms with Gasteiger partial charge in [0.1, 0.15) is 5.58 Å². The third kappa shape index (κ3) is 3.75. The number of carbonyl (C=O) groups is 2. The minimum atomic E-state index is -0.690. The number of furan rings is 1. The smallest absolute Gasteiger partial charge is 0.374 e. The number of hydrogen-bond donors (Lipinski definition) is 1. The van der Waals surface area contributed by atoms with E-state index in [-0.39, 0.29) is 5.76 Å². The van der Waals surface area contributed by atoms with Gasteiger partial charge in [-0.2, -0.15) is 5.10 Å². The number of esters is 1. The molecular formula is C22H19N3O4. The standard InChI is InChI=1S/C22H19N3O4/c1-14-21(15(2)25(24-14)17-9-4-3-5-10-17)23-20(26)13-28-22(27)19-12-16-8-6-7-11-18(16)29-19/h3-12H,13H2,1-2H3,(H,23,26). The molecule has 0 aliphatic rings. The largest absolute Gasteiger partial charge is 0.450 e. The number of nitrogens with one attached hydrogen (secondary N) is 1. The van der Waals surface area contributed by atoms with Gasteiger partial charge in [-0.1, -0.05) is 36.4 Å². The Bertz CT molecular complexity index is 1160. The molecule has 2 heterocycles. The van der Waals surface area contributed by atoms with Crippen molar-refractivity contribution in [2.24, 2.45) is 0 Å². The first-order valence-electron chi connectivity index (χ1n) is 9.10. The molecule has 0 saturated heterocycles. The predicted molar refractivity (Wildman–Crippen MR) is 108 cm³/mol. The van der Waals surface area contributed by atoms with Gasteiger partial charge in [0.2, 0.25) is 5.76 Å². The number of aromatic nitrogens is 2. The summed E-state index contributed by atoms with van der Waals surface area (Å²) in [6.07, 6.45) is 0. The van der Waals surface area contributed by atoms with E-state index in [0.29, 0.717) is 17.0 Å². The average Bonchev–Trinajstić information content (AvgIpc) is 3.29. The second-order valence-corrected chi connectivity index (χ2v) is 6.57. The van der Waals surface area contributed by atoms with Crippen LogP contribution < -0.4 is 5.32 Å². The van der Waals surface area contributed by atoms with E-state index in [4.69, 9.17) is 9.15 Å². The molecule has 1 N–H and O–H groups in total. The van der Waals surface area contributed by atoms with E-state index in [1.807, 2.05) is 62.4 Å². The highest BCUT2D eigenvalue weighted by atomic mass is 16.5. The Hall–Kier alpha value is -3.87. The van der Waals surface area contributed by atoms with Crippen LogP contribution in [-0.4, -0.2) is 28.3 Å². The molecule has 0 bridgehead atoms. The Morgan fingerprint density at radius 2 is 1.79 bits per heavy atom. The lowest BCUT2D eigenvalue weighted by Gasteiger charge is -2.07. The maximum atomic E-state index is 12.3. The van der Waals surface area contributed by atoms with Crippen LogP contribution in [0.4, 0.5) is 5.69 Å². The SMILES string of the molecule is Cc1nn(-c2ccccc2)c(C)c1NC(=O)COC(=O)c1cc2ccccc2o1. The van der Waals surface area contributed by atoms with Crippen molar-refractivity contribution in [2.45, 2.75) is 13.8 Å². The zero-order chi connectivity index (χ0) is 20.4. The van der Waals surface area contributed by atoms with Crippen LogP contribution in [0.3, 0.4) is 0 Å². The maximum Gasteiger partial charge on any atom is 0.374 e. The lowest BCUT2D eigenvalue weighted by atomic mass is 10.2. The lowest BCUT2D eigenvalue weighted by molar-refractivity contribution is -0.119. The van der Waals surface area contributed by atoms with Gasteiger partial charge in [0.15, 0.2) is 6.61 Å². The fourth-order valence-corrected chi connectivity index (χ4v) is 3.10. The number of aryl methyl sites for hydroxylation is 1. The van der Waals surface area contributed by atoms with E-state index in [1.165, 1.54) is 0 Å². The third-order valence-electron chi connectivity index (χ3n) is 4.52. The number of rotatable bonds is 5. The van der Waals surface area contributed by atoms with Crippen LogP contribution in [-0.2, 0) is 9.53 Å². The topological polar surface area (TPSA) is 86.4 Å². The van der Waals surface area contributed by atoms with Crippen molar-refractivity contribution < 1.29 is 18.7 Å². The van der Waals surface area contributed by atoms with E-state index < -0.39 is 18.5 Å². The van der Waals surface area contributed by atoms with Gasteiger partial charge in [-0.05, 0) is 38.1 Å². The summed E-state index contributed by atoms with van der Waals surface area (Å²) in [6.45, 7) is 3.25. The highest BCUT2D eigenvalue weighted by molar-refractivity contribution is 5.97. The van der Waals surface area contributed by atoms with Crippen LogP contribution >= 0.6 is 0 Å². The van der Waals surface area contributed by atoms with Crippen LogP contribution in [0.15, 0.2) is 65.1 Å². The van der Waals surface area contributed by atoms with Crippen LogP contribution in [0.25, 0.3) is 16.7 Å². The molecule has 0 spiro atoms. The lowest BCUT2D eigenvalue weighted by Crippen LogP contribution is -2.21. The Balaban J connectivity index is 1.42. The van der Waals surface area contributed by atoms with E-state index >= 15 is 0 Å². The first kappa shape index (κ1) is 18.5. The van der Waals surface area contributed by atoms with Gasteiger partial charge in [0.05, 0.1) is 22.8 Å². The summed E-state index contributed by atoms with van der Waals surface area (Å²) in [7, 11) is 0. The van der Waals surface area contributed by atoms with Gasteiger partial charge in [-0.15, -0.1) is 0 Å². The number of carbonyl (C=O) groups excluding carboxylic acids is 2. The summed E-state index contributed by atoms with van der Waals surface area (Å²) in [4.78, 5) is 24.5. The molecule has 0 saturated carbocycles. The van der Waals surface area contributed by atoms with Gasteiger partial charge in [0, 0.05) is 5.39 Å². The van der Waals surface area contributed by atoms with E-state index in [2.05, 4.69) is 10.4 Å². The van der Waals surface area contributed by atoms with Crippen molar-refractivity contribution in [3.8, 4) is 5.69 Å². The Kier molecular flexibility index (Phi) is 4.87. The molecule has 1 amide bonds. The van der Waals surface area contributed by atoms with Gasteiger partial charge in [0.25, 0.3) is 5.91 Å². The fourth-order valence-electron chi connectivity index (χ4n) is 3.10. The summed E-state index contributed by atoms with van der Waals surface area (Å²) < 4.78 is 12.3. The molecule has 0 aliphatic carbocycles. The van der Waals surface area contributed by atoms with Crippen molar-refractivity contribution >= 4 is 28.5 Å². The molecule has 7 nitrogen and oxygen atoms in total. The predicted octanol–water partition coefficient (Wildman–Crippen LogP) is 4.03. The summed E-state index contributed by atoms with van der Waals surface area (Å²) in [6, 6.07) is 18.5. The van der Waals surface area contributed by atoms with Crippen molar-refractivity contribution in [1.29, 1.82) is 0 Å². The quantitative estimate of drug-likeness (QED) is 0.521. The van der Waals surface area contributed by atoms with Crippen LogP contribution in [0.1, 0.15) is 21.9 Å². The fraction of sp³-hybridized carbons (Fsp3) is 0.136. The minimum Gasteiger partial charge on any atom is -0.450 e. The summed E-state index contributed by atoms with van der Waals surface area (Å²) in [5.74, 6) is -1.08. The van der Waals surface area contributed by atoms with Gasteiger partial charge >= 0.3 is 5.97 Å².